The number of carbonyl (C=O) groups is 1. The van der Waals surface area contributed by atoms with Crippen molar-refractivity contribution in [3.8, 4) is 0 Å². The summed E-state index contributed by atoms with van der Waals surface area (Å²) in [5, 5.41) is 5.29. The Morgan fingerprint density at radius 2 is 1.88 bits per heavy atom. The van der Waals surface area contributed by atoms with Gasteiger partial charge in [0.2, 0.25) is 15.9 Å². The highest BCUT2D eigenvalue weighted by Gasteiger charge is 2.26. The summed E-state index contributed by atoms with van der Waals surface area (Å²) in [4.78, 5) is 20.1. The van der Waals surface area contributed by atoms with Gasteiger partial charge in [-0.15, -0.1) is 11.3 Å². The second-order valence-electron chi connectivity index (χ2n) is 8.09. The van der Waals surface area contributed by atoms with E-state index in [1.54, 1.807) is 36.0 Å². The summed E-state index contributed by atoms with van der Waals surface area (Å²) in [5.74, 6) is 0.275. The number of hydrogen-bond donors (Lipinski definition) is 2. The van der Waals surface area contributed by atoms with Gasteiger partial charge >= 0.3 is 0 Å². The number of amides is 1. The monoisotopic (exact) mass is 496 g/mol. The van der Waals surface area contributed by atoms with Crippen LogP contribution in [0.1, 0.15) is 43.4 Å². The van der Waals surface area contributed by atoms with Gasteiger partial charge in [-0.05, 0) is 63.4 Å². The first kappa shape index (κ1) is 25.2. The molecule has 2 heterocycles. The Morgan fingerprint density at radius 3 is 2.53 bits per heavy atom. The smallest absolute Gasteiger partial charge is 0.244 e. The molecular weight excluding hydrogens is 464 g/mol. The third-order valence-electron chi connectivity index (χ3n) is 5.42. The van der Waals surface area contributed by atoms with E-state index in [-0.39, 0.29) is 10.8 Å². The minimum Gasteiger partial charge on any atom is -0.301 e. The maximum Gasteiger partial charge on any atom is 0.244 e. The number of thiazole rings is 1. The van der Waals surface area contributed by atoms with Crippen molar-refractivity contribution < 1.29 is 13.2 Å². The molecule has 1 saturated heterocycles. The van der Waals surface area contributed by atoms with E-state index in [4.69, 9.17) is 0 Å². The first-order chi connectivity index (χ1) is 15.4. The lowest BCUT2D eigenvalue weighted by atomic mass is 10.2. The fourth-order valence-corrected chi connectivity index (χ4v) is 6.01. The molecular formula is C22H32N4O3S3. The second-order valence-corrected chi connectivity index (χ2v) is 11.6. The molecule has 1 amide bonds. The lowest BCUT2D eigenvalue weighted by Gasteiger charge is -2.18. The number of aromatic nitrogens is 1. The minimum atomic E-state index is -3.81. The summed E-state index contributed by atoms with van der Waals surface area (Å²) in [6.45, 7) is 4.84. The Labute approximate surface area is 199 Å². The molecule has 0 aliphatic carbocycles. The highest BCUT2D eigenvalue weighted by Crippen LogP contribution is 2.20. The van der Waals surface area contributed by atoms with E-state index in [0.717, 1.165) is 30.9 Å². The highest BCUT2D eigenvalue weighted by molar-refractivity contribution is 7.98. The van der Waals surface area contributed by atoms with Crippen LogP contribution in [0, 0.1) is 6.92 Å². The van der Waals surface area contributed by atoms with Gasteiger partial charge in [-0.1, -0.05) is 30.5 Å². The van der Waals surface area contributed by atoms with E-state index < -0.39 is 16.1 Å². The van der Waals surface area contributed by atoms with Gasteiger partial charge in [-0.3, -0.25) is 9.69 Å². The van der Waals surface area contributed by atoms with Gasteiger partial charge in [0.15, 0.2) is 5.13 Å². The van der Waals surface area contributed by atoms with Crippen molar-refractivity contribution in [1.82, 2.24) is 14.6 Å². The van der Waals surface area contributed by atoms with E-state index in [1.165, 1.54) is 37.0 Å². The standard InChI is InChI=1S/C22H32N4O3S3/c1-17-7-9-19(10-8-17)32(28,29)25-20(11-14-30-2)21(27)24-22-23-18(16-31-22)15-26-12-5-3-4-6-13-26/h7-10,16,20,25H,3-6,11-15H2,1-2H3,(H,23,24,27). The summed E-state index contributed by atoms with van der Waals surface area (Å²) in [5.41, 5.74) is 1.91. The molecule has 1 aliphatic rings. The number of likely N-dealkylation sites (tertiary alicyclic amines) is 1. The molecule has 176 valence electrons. The number of nitrogens with zero attached hydrogens (tertiary/aromatic N) is 2. The molecule has 1 aromatic carbocycles. The van der Waals surface area contributed by atoms with Crippen molar-refractivity contribution in [2.24, 2.45) is 0 Å². The van der Waals surface area contributed by atoms with Crippen molar-refractivity contribution in [2.75, 3.05) is 30.4 Å². The number of sulfonamides is 1. The molecule has 10 heteroatoms. The normalized spacial score (nSPS) is 16.4. The molecule has 1 fully saturated rings. The van der Waals surface area contributed by atoms with Crippen LogP contribution in [0.2, 0.25) is 0 Å². The quantitative estimate of drug-likeness (QED) is 0.519. The number of benzene rings is 1. The van der Waals surface area contributed by atoms with Crippen LogP contribution >= 0.6 is 23.1 Å². The predicted molar refractivity (Wildman–Crippen MR) is 133 cm³/mol. The molecule has 0 radical (unpaired) electrons. The number of nitrogens with one attached hydrogen (secondary N) is 2. The number of hydrogen-bond acceptors (Lipinski definition) is 7. The van der Waals surface area contributed by atoms with Crippen molar-refractivity contribution >= 4 is 44.2 Å². The molecule has 2 N–H and O–H groups in total. The Hall–Kier alpha value is -1.46. The van der Waals surface area contributed by atoms with Crippen molar-refractivity contribution in [3.63, 3.8) is 0 Å². The van der Waals surface area contributed by atoms with Gasteiger partial charge in [-0.25, -0.2) is 13.4 Å². The molecule has 2 aromatic rings. The van der Waals surface area contributed by atoms with E-state index in [9.17, 15) is 13.2 Å². The second kappa shape index (κ2) is 12.1. The van der Waals surface area contributed by atoms with Gasteiger partial charge in [-0.2, -0.15) is 16.5 Å². The largest absolute Gasteiger partial charge is 0.301 e. The molecule has 0 spiro atoms. The first-order valence-corrected chi connectivity index (χ1v) is 14.7. The fourth-order valence-electron chi connectivity index (χ4n) is 3.60. The average molecular weight is 497 g/mol. The number of thioether (sulfide) groups is 1. The minimum absolute atomic E-state index is 0.152. The highest BCUT2D eigenvalue weighted by atomic mass is 32.2. The molecule has 32 heavy (non-hydrogen) atoms. The predicted octanol–water partition coefficient (Wildman–Crippen LogP) is 3.87. The third kappa shape index (κ3) is 7.55. The molecule has 1 aromatic heterocycles. The summed E-state index contributed by atoms with van der Waals surface area (Å²) in [7, 11) is -3.81. The van der Waals surface area contributed by atoms with Crippen LogP contribution in [0.15, 0.2) is 34.5 Å². The molecule has 0 saturated carbocycles. The number of anilines is 1. The number of aryl methyl sites for hydroxylation is 1. The summed E-state index contributed by atoms with van der Waals surface area (Å²) < 4.78 is 28.2. The van der Waals surface area contributed by atoms with Crippen LogP contribution in [-0.4, -0.2) is 55.3 Å². The molecule has 3 rings (SSSR count). The zero-order chi connectivity index (χ0) is 23.0. The lowest BCUT2D eigenvalue weighted by Crippen LogP contribution is -2.44. The lowest BCUT2D eigenvalue weighted by molar-refractivity contribution is -0.117. The molecule has 1 aliphatic heterocycles. The number of rotatable bonds is 10. The summed E-state index contributed by atoms with van der Waals surface area (Å²) >= 11 is 2.95. The Bertz CT molecular complexity index is 969. The van der Waals surface area contributed by atoms with E-state index in [0.29, 0.717) is 17.3 Å². The van der Waals surface area contributed by atoms with Gasteiger partial charge in [0.25, 0.3) is 0 Å². The topological polar surface area (TPSA) is 91.4 Å². The zero-order valence-corrected chi connectivity index (χ0v) is 21.1. The Kier molecular flexibility index (Phi) is 9.54. The van der Waals surface area contributed by atoms with Crippen LogP contribution in [0.5, 0.6) is 0 Å². The van der Waals surface area contributed by atoms with Crippen LogP contribution < -0.4 is 10.0 Å². The van der Waals surface area contributed by atoms with Gasteiger partial charge < -0.3 is 5.32 Å². The molecule has 1 atom stereocenters. The zero-order valence-electron chi connectivity index (χ0n) is 18.7. The van der Waals surface area contributed by atoms with Gasteiger partial charge in [0.1, 0.15) is 6.04 Å². The van der Waals surface area contributed by atoms with E-state index >= 15 is 0 Å². The van der Waals surface area contributed by atoms with Crippen molar-refractivity contribution in [1.29, 1.82) is 0 Å². The molecule has 0 bridgehead atoms. The van der Waals surface area contributed by atoms with Crippen molar-refractivity contribution in [3.05, 3.63) is 40.9 Å². The first-order valence-electron chi connectivity index (χ1n) is 10.9. The molecule has 7 nitrogen and oxygen atoms in total. The van der Waals surface area contributed by atoms with Crippen LogP contribution in [0.3, 0.4) is 0 Å². The fraction of sp³-hybridized carbons (Fsp3) is 0.545. The Morgan fingerprint density at radius 1 is 1.19 bits per heavy atom. The van der Waals surface area contributed by atoms with Crippen LogP contribution in [-0.2, 0) is 21.4 Å². The Balaban J connectivity index is 1.64. The maximum atomic E-state index is 12.9. The summed E-state index contributed by atoms with van der Waals surface area (Å²) in [6, 6.07) is 5.72. The third-order valence-corrected chi connectivity index (χ3v) is 8.36. The average Bonchev–Trinajstić information content (AvgIpc) is 3.03. The van der Waals surface area contributed by atoms with Crippen LogP contribution in [0.4, 0.5) is 5.13 Å². The molecule has 1 unspecified atom stereocenters. The van der Waals surface area contributed by atoms with Gasteiger partial charge in [0.05, 0.1) is 10.6 Å². The SMILES string of the molecule is CSCCC(NS(=O)(=O)c1ccc(C)cc1)C(=O)Nc1nc(CN2CCCCCC2)cs1. The number of carbonyl (C=O) groups excluding carboxylic acids is 1. The van der Waals surface area contributed by atoms with Gasteiger partial charge in [0, 0.05) is 11.9 Å². The maximum absolute atomic E-state index is 12.9. The van der Waals surface area contributed by atoms with E-state index in [1.807, 2.05) is 18.6 Å². The van der Waals surface area contributed by atoms with E-state index in [2.05, 4.69) is 19.9 Å². The van der Waals surface area contributed by atoms with Crippen LogP contribution in [0.25, 0.3) is 0 Å². The summed E-state index contributed by atoms with van der Waals surface area (Å²) in [6.07, 6.45) is 7.32. The van der Waals surface area contributed by atoms with Crippen molar-refractivity contribution in [2.45, 2.75) is 56.5 Å².